The van der Waals surface area contributed by atoms with Crippen molar-refractivity contribution in [1.29, 1.82) is 0 Å². The highest BCUT2D eigenvalue weighted by molar-refractivity contribution is 6.03. The Labute approximate surface area is 166 Å². The van der Waals surface area contributed by atoms with E-state index in [1.165, 1.54) is 30.5 Å². The standard InChI is InChI=1S/C10H14.C9H14N2.C5H8O/c1-8(2)10-6-4-9(3)5-7-10;1-5-6-8(2)9(3)11-7-10-4;1-3-4-5(2)6/h4-8H,1-3H3;5-7H,2H2,1,3-4H3;3-4H,1-2H3/b;6-5-,10-7?,11-9?;4-3+. The van der Waals surface area contributed by atoms with Gasteiger partial charge in [-0.15, -0.1) is 0 Å². The summed E-state index contributed by atoms with van der Waals surface area (Å²) in [7, 11) is 1.69. The summed E-state index contributed by atoms with van der Waals surface area (Å²) in [5, 5.41) is 0. The lowest BCUT2D eigenvalue weighted by molar-refractivity contribution is -0.112. The molecule has 0 saturated heterocycles. The van der Waals surface area contributed by atoms with E-state index in [9.17, 15) is 4.79 Å². The van der Waals surface area contributed by atoms with E-state index < -0.39 is 0 Å². The van der Waals surface area contributed by atoms with Crippen molar-refractivity contribution >= 4 is 17.8 Å². The van der Waals surface area contributed by atoms with Crippen LogP contribution in [0, 0.1) is 6.92 Å². The molecule has 0 aliphatic heterocycles. The summed E-state index contributed by atoms with van der Waals surface area (Å²) in [6.45, 7) is 17.6. The molecule has 0 heterocycles. The summed E-state index contributed by atoms with van der Waals surface area (Å²) >= 11 is 0. The number of nitrogens with zero attached hydrogens (tertiary/aromatic N) is 2. The van der Waals surface area contributed by atoms with Gasteiger partial charge in [-0.25, -0.2) is 4.99 Å². The molecule has 0 spiro atoms. The summed E-state index contributed by atoms with van der Waals surface area (Å²) in [6.07, 6.45) is 8.62. The van der Waals surface area contributed by atoms with Gasteiger partial charge in [-0.1, -0.05) is 68.5 Å². The molecule has 0 amide bonds. The zero-order valence-corrected chi connectivity index (χ0v) is 18.3. The molecule has 1 aromatic carbocycles. The lowest BCUT2D eigenvalue weighted by atomic mass is 10.0. The van der Waals surface area contributed by atoms with Crippen LogP contribution in [-0.4, -0.2) is 24.9 Å². The largest absolute Gasteiger partial charge is 0.295 e. The Bertz CT molecular complexity index is 660. The molecular weight excluding hydrogens is 332 g/mol. The molecule has 3 nitrogen and oxygen atoms in total. The zero-order chi connectivity index (χ0) is 21.2. The third-order valence-corrected chi connectivity index (χ3v) is 3.34. The molecule has 0 aromatic heterocycles. The van der Waals surface area contributed by atoms with E-state index in [0.717, 1.165) is 11.3 Å². The number of allylic oxidation sites excluding steroid dienone is 5. The average Bonchev–Trinajstić information content (AvgIpc) is 2.61. The van der Waals surface area contributed by atoms with Gasteiger partial charge in [-0.3, -0.25) is 9.79 Å². The van der Waals surface area contributed by atoms with Crippen molar-refractivity contribution in [3.8, 4) is 0 Å². The summed E-state index contributed by atoms with van der Waals surface area (Å²) < 4.78 is 0. The van der Waals surface area contributed by atoms with Crippen molar-refractivity contribution < 1.29 is 4.79 Å². The van der Waals surface area contributed by atoms with Crippen molar-refractivity contribution in [3.05, 3.63) is 71.8 Å². The second-order valence-electron chi connectivity index (χ2n) is 6.29. The Kier molecular flexibility index (Phi) is 16.7. The lowest BCUT2D eigenvalue weighted by Gasteiger charge is -2.03. The number of aliphatic imine (C=N–C) groups is 2. The van der Waals surface area contributed by atoms with E-state index in [4.69, 9.17) is 0 Å². The predicted molar refractivity (Wildman–Crippen MR) is 122 cm³/mol. The van der Waals surface area contributed by atoms with Crippen LogP contribution in [-0.2, 0) is 4.79 Å². The van der Waals surface area contributed by atoms with Crippen molar-refractivity contribution in [3.63, 3.8) is 0 Å². The Balaban J connectivity index is 0. The van der Waals surface area contributed by atoms with Crippen LogP contribution in [0.25, 0.3) is 0 Å². The molecule has 0 fully saturated rings. The van der Waals surface area contributed by atoms with Crippen LogP contribution in [0.15, 0.2) is 70.7 Å². The predicted octanol–water partition coefficient (Wildman–Crippen LogP) is 6.51. The number of benzene rings is 1. The molecule has 148 valence electrons. The molecule has 0 unspecified atom stereocenters. The van der Waals surface area contributed by atoms with Crippen LogP contribution >= 0.6 is 0 Å². The molecule has 0 bridgehead atoms. The van der Waals surface area contributed by atoms with Gasteiger partial charge >= 0.3 is 0 Å². The van der Waals surface area contributed by atoms with Gasteiger partial charge in [0.05, 0.1) is 0 Å². The minimum absolute atomic E-state index is 0.109. The maximum Gasteiger partial charge on any atom is 0.152 e. The number of hydrogen-bond acceptors (Lipinski definition) is 2. The van der Waals surface area contributed by atoms with Gasteiger partial charge < -0.3 is 0 Å². The molecule has 0 N–H and O–H groups in total. The first-order valence-corrected chi connectivity index (χ1v) is 9.16. The van der Waals surface area contributed by atoms with Gasteiger partial charge in [0.2, 0.25) is 0 Å². The number of carbonyl (C=O) groups excluding carboxylic acids is 1. The number of ketones is 1. The Morgan fingerprint density at radius 2 is 1.56 bits per heavy atom. The van der Waals surface area contributed by atoms with Crippen molar-refractivity contribution in [2.45, 2.75) is 54.4 Å². The summed E-state index contributed by atoms with van der Waals surface area (Å²) in [5.74, 6) is 0.762. The number of carbonyl (C=O) groups is 1. The van der Waals surface area contributed by atoms with Gasteiger partial charge in [0, 0.05) is 12.8 Å². The minimum atomic E-state index is 0.109. The molecule has 0 aliphatic carbocycles. The maximum atomic E-state index is 9.96. The monoisotopic (exact) mass is 368 g/mol. The molecule has 0 radical (unpaired) electrons. The third-order valence-electron chi connectivity index (χ3n) is 3.34. The van der Waals surface area contributed by atoms with Crippen molar-refractivity contribution in [1.82, 2.24) is 0 Å². The zero-order valence-electron chi connectivity index (χ0n) is 18.3. The average molecular weight is 369 g/mol. The van der Waals surface area contributed by atoms with Crippen LogP contribution < -0.4 is 0 Å². The van der Waals surface area contributed by atoms with E-state index in [1.807, 2.05) is 32.9 Å². The normalized spacial score (nSPS) is 11.4. The quantitative estimate of drug-likeness (QED) is 0.253. The fourth-order valence-corrected chi connectivity index (χ4v) is 1.74. The number of hydrogen-bond donors (Lipinski definition) is 0. The summed E-state index contributed by atoms with van der Waals surface area (Å²) in [5.41, 5.74) is 4.58. The molecular formula is C24H36N2O. The van der Waals surface area contributed by atoms with Crippen LogP contribution in [0.1, 0.15) is 58.6 Å². The first kappa shape index (κ1) is 26.7. The lowest BCUT2D eigenvalue weighted by Crippen LogP contribution is -1.92. The molecule has 0 atom stereocenters. The molecule has 1 rings (SSSR count). The van der Waals surface area contributed by atoms with E-state index in [-0.39, 0.29) is 5.78 Å². The van der Waals surface area contributed by atoms with E-state index in [0.29, 0.717) is 5.92 Å². The fourth-order valence-electron chi connectivity index (χ4n) is 1.74. The second kappa shape index (κ2) is 16.9. The maximum absolute atomic E-state index is 9.96. The van der Waals surface area contributed by atoms with E-state index >= 15 is 0 Å². The molecule has 1 aromatic rings. The molecule has 0 saturated carbocycles. The highest BCUT2D eigenvalue weighted by Gasteiger charge is 1.95. The molecule has 0 aliphatic rings. The van der Waals surface area contributed by atoms with Crippen molar-refractivity contribution in [2.24, 2.45) is 9.98 Å². The second-order valence-corrected chi connectivity index (χ2v) is 6.29. The number of aryl methyl sites for hydroxylation is 1. The Morgan fingerprint density at radius 3 is 1.89 bits per heavy atom. The summed E-state index contributed by atoms with van der Waals surface area (Å²) in [6, 6.07) is 8.71. The summed E-state index contributed by atoms with van der Waals surface area (Å²) in [4.78, 5) is 17.7. The van der Waals surface area contributed by atoms with Gasteiger partial charge in [0.15, 0.2) is 5.78 Å². The first-order chi connectivity index (χ1) is 12.7. The Hall–Kier alpha value is -2.55. The van der Waals surface area contributed by atoms with Crippen LogP contribution in [0.4, 0.5) is 0 Å². The number of rotatable bonds is 5. The minimum Gasteiger partial charge on any atom is -0.295 e. The third kappa shape index (κ3) is 16.7. The Morgan fingerprint density at radius 1 is 1.04 bits per heavy atom. The van der Waals surface area contributed by atoms with E-state index in [1.54, 1.807) is 13.1 Å². The van der Waals surface area contributed by atoms with Gasteiger partial charge in [0.1, 0.15) is 6.34 Å². The highest BCUT2D eigenvalue weighted by Crippen LogP contribution is 2.13. The van der Waals surface area contributed by atoms with Crippen LogP contribution in [0.2, 0.25) is 0 Å². The first-order valence-electron chi connectivity index (χ1n) is 9.16. The van der Waals surface area contributed by atoms with Gasteiger partial charge in [-0.05, 0) is 57.7 Å². The van der Waals surface area contributed by atoms with Crippen LogP contribution in [0.5, 0.6) is 0 Å². The molecule has 3 heteroatoms. The van der Waals surface area contributed by atoms with Gasteiger partial charge in [0.25, 0.3) is 0 Å². The van der Waals surface area contributed by atoms with Gasteiger partial charge in [-0.2, -0.15) is 0 Å². The van der Waals surface area contributed by atoms with E-state index in [2.05, 4.69) is 61.6 Å². The highest BCUT2D eigenvalue weighted by atomic mass is 16.1. The van der Waals surface area contributed by atoms with Crippen molar-refractivity contribution in [2.75, 3.05) is 7.05 Å². The molecule has 27 heavy (non-hydrogen) atoms. The smallest absolute Gasteiger partial charge is 0.152 e. The topological polar surface area (TPSA) is 41.8 Å². The fraction of sp³-hybridized carbons (Fsp3) is 0.375. The van der Waals surface area contributed by atoms with Crippen LogP contribution in [0.3, 0.4) is 0 Å². The SMILES string of the molecule is C/C=C/C(C)=O.C=C(/C=C\C)C(C)=NC=NC.Cc1ccc(C(C)C)cc1.